The summed E-state index contributed by atoms with van der Waals surface area (Å²) in [5.74, 6) is 0.0832. The van der Waals surface area contributed by atoms with E-state index in [1.807, 2.05) is 30.3 Å². The van der Waals surface area contributed by atoms with Crippen molar-refractivity contribution in [3.63, 3.8) is 0 Å². The zero-order valence-corrected chi connectivity index (χ0v) is 10.4. The number of ether oxygens (including phenoxy) is 1. The van der Waals surface area contributed by atoms with Crippen molar-refractivity contribution in [2.75, 3.05) is 0 Å². The maximum atomic E-state index is 11.5. The van der Waals surface area contributed by atoms with Crippen molar-refractivity contribution in [3.05, 3.63) is 60.1 Å². The van der Waals surface area contributed by atoms with E-state index in [4.69, 9.17) is 9.26 Å². The molecule has 0 saturated heterocycles. The number of carbonyl (C=O) groups is 1. The van der Waals surface area contributed by atoms with Crippen LogP contribution in [-0.2, 0) is 11.3 Å². The van der Waals surface area contributed by atoms with E-state index in [9.17, 15) is 4.79 Å². The van der Waals surface area contributed by atoms with Gasteiger partial charge in [-0.05, 0) is 0 Å². The van der Waals surface area contributed by atoms with Gasteiger partial charge in [0.25, 0.3) is 0 Å². The second-order valence-corrected chi connectivity index (χ2v) is 4.00. The molecule has 0 spiro atoms. The Morgan fingerprint density at radius 3 is 2.75 bits per heavy atom. The van der Waals surface area contributed by atoms with Gasteiger partial charge in [0.05, 0.1) is 6.20 Å². The first kappa shape index (κ1) is 12.2. The summed E-state index contributed by atoms with van der Waals surface area (Å²) in [6, 6.07) is 12.7. The number of hydrogen-bond donors (Lipinski definition) is 0. The molecular formula is C14H10N2O4. The van der Waals surface area contributed by atoms with Crippen LogP contribution < -0.4 is 0 Å². The third-order valence-electron chi connectivity index (χ3n) is 2.61. The number of benzene rings is 1. The van der Waals surface area contributed by atoms with Crippen LogP contribution in [0.15, 0.2) is 57.7 Å². The van der Waals surface area contributed by atoms with E-state index in [0.29, 0.717) is 11.5 Å². The zero-order chi connectivity index (χ0) is 13.8. The number of esters is 1. The minimum absolute atomic E-state index is 0.00979. The lowest BCUT2D eigenvalue weighted by molar-refractivity contribution is 0.0417. The average Bonchev–Trinajstić information content (AvgIpc) is 3.17. The average molecular weight is 270 g/mol. The highest BCUT2D eigenvalue weighted by Crippen LogP contribution is 2.20. The van der Waals surface area contributed by atoms with Crippen LogP contribution in [-0.4, -0.2) is 16.3 Å². The van der Waals surface area contributed by atoms with Crippen LogP contribution in [0.1, 0.15) is 16.2 Å². The van der Waals surface area contributed by atoms with Crippen molar-refractivity contribution in [3.8, 4) is 11.3 Å². The van der Waals surface area contributed by atoms with Crippen LogP contribution in [0.4, 0.5) is 0 Å². The topological polar surface area (TPSA) is 78.4 Å². The zero-order valence-electron chi connectivity index (χ0n) is 10.4. The van der Waals surface area contributed by atoms with Crippen molar-refractivity contribution in [2.24, 2.45) is 0 Å². The number of rotatable bonds is 4. The molecule has 0 aliphatic heterocycles. The summed E-state index contributed by atoms with van der Waals surface area (Å²) in [4.78, 5) is 11.5. The second kappa shape index (κ2) is 5.40. The molecule has 6 nitrogen and oxygen atoms in total. The molecule has 0 amide bonds. The summed E-state index contributed by atoms with van der Waals surface area (Å²) in [5, 5.41) is 7.28. The Bertz CT molecular complexity index is 689. The Morgan fingerprint density at radius 1 is 1.15 bits per heavy atom. The summed E-state index contributed by atoms with van der Waals surface area (Å²) in [6.07, 6.45) is 1.38. The van der Waals surface area contributed by atoms with Gasteiger partial charge in [0, 0.05) is 17.7 Å². The number of nitrogens with zero attached hydrogens (tertiary/aromatic N) is 2. The standard InChI is InChI=1S/C14H10N2O4/c17-14(12-6-7-15-19-12)18-9-11-8-13(20-16-11)10-4-2-1-3-5-10/h1-8H,9H2. The third-order valence-corrected chi connectivity index (χ3v) is 2.61. The van der Waals surface area contributed by atoms with E-state index in [2.05, 4.69) is 14.8 Å². The highest BCUT2D eigenvalue weighted by atomic mass is 16.6. The smallest absolute Gasteiger partial charge is 0.377 e. The summed E-state index contributed by atoms with van der Waals surface area (Å²) in [6.45, 7) is 0.00979. The fraction of sp³-hybridized carbons (Fsp3) is 0.0714. The Balaban J connectivity index is 1.65. The monoisotopic (exact) mass is 270 g/mol. The number of carbonyl (C=O) groups excluding carboxylic acids is 1. The lowest BCUT2D eigenvalue weighted by Crippen LogP contribution is -2.03. The highest BCUT2D eigenvalue weighted by molar-refractivity contribution is 5.85. The summed E-state index contributed by atoms with van der Waals surface area (Å²) in [5.41, 5.74) is 1.43. The predicted octanol–water partition coefficient (Wildman–Crippen LogP) is 2.69. The van der Waals surface area contributed by atoms with Crippen LogP contribution in [0, 0.1) is 0 Å². The van der Waals surface area contributed by atoms with Crippen LogP contribution in [0.3, 0.4) is 0 Å². The molecular weight excluding hydrogens is 260 g/mol. The largest absolute Gasteiger partial charge is 0.453 e. The lowest BCUT2D eigenvalue weighted by atomic mass is 10.2. The Hall–Kier alpha value is -2.89. The Kier molecular flexibility index (Phi) is 3.28. The molecule has 0 saturated carbocycles. The van der Waals surface area contributed by atoms with Crippen molar-refractivity contribution in [1.29, 1.82) is 0 Å². The summed E-state index contributed by atoms with van der Waals surface area (Å²) >= 11 is 0. The van der Waals surface area contributed by atoms with Crippen LogP contribution >= 0.6 is 0 Å². The quantitative estimate of drug-likeness (QED) is 0.678. The predicted molar refractivity (Wildman–Crippen MR) is 67.6 cm³/mol. The molecule has 100 valence electrons. The Labute approximate surface area is 113 Å². The van der Waals surface area contributed by atoms with Crippen LogP contribution in [0.25, 0.3) is 11.3 Å². The first-order valence-corrected chi connectivity index (χ1v) is 5.92. The van der Waals surface area contributed by atoms with Gasteiger partial charge in [-0.1, -0.05) is 40.6 Å². The summed E-state index contributed by atoms with van der Waals surface area (Å²) in [7, 11) is 0. The number of aromatic nitrogens is 2. The minimum Gasteiger partial charge on any atom is -0.453 e. The van der Waals surface area contributed by atoms with Crippen LogP contribution in [0.2, 0.25) is 0 Å². The fourth-order valence-corrected chi connectivity index (χ4v) is 1.65. The van der Waals surface area contributed by atoms with Crippen molar-refractivity contribution < 1.29 is 18.6 Å². The SMILES string of the molecule is O=C(OCc1cc(-c2ccccc2)on1)c1ccno1. The van der Waals surface area contributed by atoms with Gasteiger partial charge in [0.15, 0.2) is 5.76 Å². The van der Waals surface area contributed by atoms with Gasteiger partial charge in [-0.25, -0.2) is 4.79 Å². The molecule has 0 fully saturated rings. The van der Waals surface area contributed by atoms with Gasteiger partial charge in [-0.2, -0.15) is 0 Å². The third kappa shape index (κ3) is 2.59. The van der Waals surface area contributed by atoms with Gasteiger partial charge in [-0.15, -0.1) is 0 Å². The van der Waals surface area contributed by atoms with E-state index in [0.717, 1.165) is 5.56 Å². The first-order valence-electron chi connectivity index (χ1n) is 5.92. The van der Waals surface area contributed by atoms with Crippen molar-refractivity contribution >= 4 is 5.97 Å². The minimum atomic E-state index is -0.591. The van der Waals surface area contributed by atoms with Gasteiger partial charge in [-0.3, -0.25) is 0 Å². The maximum Gasteiger partial charge on any atom is 0.377 e. The molecule has 2 aromatic heterocycles. The second-order valence-electron chi connectivity index (χ2n) is 4.00. The van der Waals surface area contributed by atoms with Crippen molar-refractivity contribution in [1.82, 2.24) is 10.3 Å². The van der Waals surface area contributed by atoms with Gasteiger partial charge in [0.2, 0.25) is 5.76 Å². The van der Waals surface area contributed by atoms with E-state index >= 15 is 0 Å². The maximum absolute atomic E-state index is 11.5. The number of hydrogen-bond acceptors (Lipinski definition) is 6. The van der Waals surface area contributed by atoms with Crippen LogP contribution in [0.5, 0.6) is 0 Å². The molecule has 0 aliphatic carbocycles. The molecule has 0 atom stereocenters. The van der Waals surface area contributed by atoms with E-state index in [1.165, 1.54) is 12.3 Å². The van der Waals surface area contributed by atoms with Gasteiger partial charge < -0.3 is 13.8 Å². The normalized spacial score (nSPS) is 10.4. The molecule has 0 N–H and O–H groups in total. The molecule has 20 heavy (non-hydrogen) atoms. The lowest BCUT2D eigenvalue weighted by Gasteiger charge is -1.97. The highest BCUT2D eigenvalue weighted by Gasteiger charge is 2.13. The molecule has 0 aliphatic rings. The molecule has 0 unspecified atom stereocenters. The van der Waals surface area contributed by atoms with Gasteiger partial charge in [0.1, 0.15) is 12.3 Å². The summed E-state index contributed by atoms with van der Waals surface area (Å²) < 4.78 is 14.9. The molecule has 1 aromatic carbocycles. The van der Waals surface area contributed by atoms with Crippen molar-refractivity contribution in [2.45, 2.75) is 6.61 Å². The molecule has 3 rings (SSSR count). The van der Waals surface area contributed by atoms with E-state index in [-0.39, 0.29) is 12.4 Å². The fourth-order valence-electron chi connectivity index (χ4n) is 1.65. The Morgan fingerprint density at radius 2 is 2.00 bits per heavy atom. The van der Waals surface area contributed by atoms with E-state index in [1.54, 1.807) is 6.07 Å². The molecule has 2 heterocycles. The molecule has 0 bridgehead atoms. The molecule has 0 radical (unpaired) electrons. The first-order chi connectivity index (χ1) is 9.83. The molecule has 6 heteroatoms. The van der Waals surface area contributed by atoms with E-state index < -0.39 is 5.97 Å². The molecule has 3 aromatic rings. The van der Waals surface area contributed by atoms with Gasteiger partial charge >= 0.3 is 5.97 Å².